The van der Waals surface area contributed by atoms with Crippen molar-refractivity contribution in [2.75, 3.05) is 0 Å². The van der Waals surface area contributed by atoms with Crippen LogP contribution < -0.4 is 4.74 Å². The molecule has 1 unspecified atom stereocenters. The number of rotatable bonds is 4. The minimum Gasteiger partial charge on any atom is -0.457 e. The Labute approximate surface area is 323 Å². The van der Waals surface area contributed by atoms with Crippen LogP contribution in [0.4, 0.5) is 0 Å². The van der Waals surface area contributed by atoms with Gasteiger partial charge in [0.05, 0.1) is 17.0 Å². The Morgan fingerprint density at radius 1 is 0.411 bits per heavy atom. The van der Waals surface area contributed by atoms with Crippen LogP contribution in [0.2, 0.25) is 0 Å². The van der Waals surface area contributed by atoms with Crippen molar-refractivity contribution in [3.63, 3.8) is 0 Å². The lowest BCUT2D eigenvalue weighted by Gasteiger charge is -2.39. The Balaban J connectivity index is 1.25. The van der Waals surface area contributed by atoms with Crippen molar-refractivity contribution in [1.82, 2.24) is 15.0 Å². The molecule has 0 bridgehead atoms. The Kier molecular flexibility index (Phi) is 7.07. The zero-order chi connectivity index (χ0) is 37.2. The monoisotopic (exact) mass is 714 g/mol. The van der Waals surface area contributed by atoms with Gasteiger partial charge in [-0.3, -0.25) is 0 Å². The molecule has 2 heterocycles. The van der Waals surface area contributed by atoms with E-state index in [0.29, 0.717) is 23.0 Å². The molecule has 5 heteroatoms. The summed E-state index contributed by atoms with van der Waals surface area (Å²) < 4.78 is 6.78. The number of fused-ring (bicyclic) bond motifs is 11. The van der Waals surface area contributed by atoms with Crippen molar-refractivity contribution < 1.29 is 4.74 Å². The highest BCUT2D eigenvalue weighted by atomic mass is 16.5. The van der Waals surface area contributed by atoms with E-state index in [1.54, 1.807) is 0 Å². The second-order valence-electron chi connectivity index (χ2n) is 14.2. The van der Waals surface area contributed by atoms with Gasteiger partial charge in [-0.25, -0.2) is 15.0 Å². The van der Waals surface area contributed by atoms with E-state index in [-0.39, 0.29) is 0 Å². The van der Waals surface area contributed by atoms with Gasteiger partial charge in [0.2, 0.25) is 0 Å². The minimum atomic E-state index is -0.741. The molecule has 11 rings (SSSR count). The smallest absolute Gasteiger partial charge is 0.164 e. The summed E-state index contributed by atoms with van der Waals surface area (Å²) in [5.74, 6) is 3.46. The second kappa shape index (κ2) is 12.4. The van der Waals surface area contributed by atoms with Crippen LogP contribution in [0.1, 0.15) is 27.8 Å². The number of nitriles is 1. The number of aromatic nitrogens is 3. The molecule has 56 heavy (non-hydrogen) atoms. The number of hydrogen-bond donors (Lipinski definition) is 0. The predicted molar refractivity (Wildman–Crippen MR) is 221 cm³/mol. The van der Waals surface area contributed by atoms with E-state index in [1.165, 1.54) is 16.7 Å². The van der Waals surface area contributed by atoms with Crippen molar-refractivity contribution in [2.24, 2.45) is 0 Å². The highest BCUT2D eigenvalue weighted by molar-refractivity contribution is 6.10. The molecule has 2 aliphatic rings. The van der Waals surface area contributed by atoms with Gasteiger partial charge >= 0.3 is 0 Å². The SMILES string of the molecule is N#Cc1ccc(-c2ccc3c(c2)C2(c4ccccc4O3)c3ccccc3-c3c2cc(-c2nc(-c4ccccc4)nc(-c4ccccc4)n2)c2ccccc32)cc1. The maximum absolute atomic E-state index is 9.52. The molecule has 0 fully saturated rings. The molecule has 0 saturated carbocycles. The quantitative estimate of drug-likeness (QED) is 0.181. The highest BCUT2D eigenvalue weighted by Crippen LogP contribution is 2.64. The van der Waals surface area contributed by atoms with Gasteiger partial charge in [-0.2, -0.15) is 5.26 Å². The van der Waals surface area contributed by atoms with Gasteiger partial charge in [-0.15, -0.1) is 0 Å². The summed E-state index contributed by atoms with van der Waals surface area (Å²) in [7, 11) is 0. The van der Waals surface area contributed by atoms with Crippen LogP contribution in [0.3, 0.4) is 0 Å². The lowest BCUT2D eigenvalue weighted by Crippen LogP contribution is -2.32. The summed E-state index contributed by atoms with van der Waals surface area (Å²) in [6.45, 7) is 0. The summed E-state index contributed by atoms with van der Waals surface area (Å²) >= 11 is 0. The molecular weight excluding hydrogens is 685 g/mol. The van der Waals surface area contributed by atoms with Gasteiger partial charge in [0.1, 0.15) is 11.5 Å². The van der Waals surface area contributed by atoms with Crippen LogP contribution in [-0.2, 0) is 5.41 Å². The maximum Gasteiger partial charge on any atom is 0.164 e. The molecule has 5 nitrogen and oxygen atoms in total. The van der Waals surface area contributed by atoms with Crippen LogP contribution in [0.5, 0.6) is 11.5 Å². The Morgan fingerprint density at radius 3 is 1.70 bits per heavy atom. The average molecular weight is 715 g/mol. The number of hydrogen-bond acceptors (Lipinski definition) is 5. The molecule has 9 aromatic rings. The van der Waals surface area contributed by atoms with Crippen molar-refractivity contribution in [3.05, 3.63) is 210 Å². The van der Waals surface area contributed by atoms with Crippen molar-refractivity contribution in [1.29, 1.82) is 5.26 Å². The third kappa shape index (κ3) is 4.70. The summed E-state index contributed by atoms with van der Waals surface area (Å²) in [6, 6.07) is 64.9. The minimum absolute atomic E-state index is 0.606. The van der Waals surface area contributed by atoms with E-state index >= 15 is 0 Å². The lowest BCUT2D eigenvalue weighted by molar-refractivity contribution is 0.436. The molecule has 1 spiro atoms. The Bertz CT molecular complexity index is 3000. The Morgan fingerprint density at radius 2 is 0.982 bits per heavy atom. The van der Waals surface area contributed by atoms with Crippen LogP contribution in [-0.4, -0.2) is 15.0 Å². The van der Waals surface area contributed by atoms with E-state index in [2.05, 4.69) is 97.1 Å². The topological polar surface area (TPSA) is 71.7 Å². The van der Waals surface area contributed by atoms with Gasteiger partial charge in [-0.1, -0.05) is 146 Å². The summed E-state index contributed by atoms with van der Waals surface area (Å²) in [5.41, 5.74) is 11.6. The van der Waals surface area contributed by atoms with E-state index in [0.717, 1.165) is 66.8 Å². The summed E-state index contributed by atoms with van der Waals surface area (Å²) in [6.07, 6.45) is 0. The van der Waals surface area contributed by atoms with E-state index in [1.807, 2.05) is 91.0 Å². The number of nitrogens with zero attached hydrogens (tertiary/aromatic N) is 4. The summed E-state index contributed by atoms with van der Waals surface area (Å²) in [5, 5.41) is 11.7. The van der Waals surface area contributed by atoms with Crippen molar-refractivity contribution >= 4 is 10.8 Å². The number of benzene rings is 8. The first-order chi connectivity index (χ1) is 27.7. The van der Waals surface area contributed by atoms with Gasteiger partial charge in [0.25, 0.3) is 0 Å². The van der Waals surface area contributed by atoms with Crippen molar-refractivity contribution in [2.45, 2.75) is 5.41 Å². The van der Waals surface area contributed by atoms with Gasteiger partial charge in [0, 0.05) is 27.8 Å². The number of ether oxygens (including phenoxy) is 1. The zero-order valence-corrected chi connectivity index (χ0v) is 30.0. The molecule has 0 radical (unpaired) electrons. The number of para-hydroxylation sites is 1. The van der Waals surface area contributed by atoms with Crippen LogP contribution in [0, 0.1) is 11.3 Å². The molecule has 1 aliphatic carbocycles. The molecular formula is C51H30N4O. The first kappa shape index (κ1) is 31.8. The molecule has 1 aliphatic heterocycles. The first-order valence-electron chi connectivity index (χ1n) is 18.7. The zero-order valence-electron chi connectivity index (χ0n) is 30.0. The second-order valence-corrected chi connectivity index (χ2v) is 14.2. The molecule has 0 saturated heterocycles. The van der Waals surface area contributed by atoms with Crippen molar-refractivity contribution in [3.8, 4) is 74.0 Å². The lowest BCUT2D eigenvalue weighted by atomic mass is 9.65. The molecule has 0 amide bonds. The third-order valence-electron chi connectivity index (χ3n) is 11.2. The molecule has 1 atom stereocenters. The van der Waals surface area contributed by atoms with Gasteiger partial charge < -0.3 is 4.74 Å². The van der Waals surface area contributed by atoms with Gasteiger partial charge in [-0.05, 0) is 80.6 Å². The molecule has 260 valence electrons. The predicted octanol–water partition coefficient (Wildman–Crippen LogP) is 12.0. The molecule has 1 aromatic heterocycles. The van der Waals surface area contributed by atoms with E-state index in [9.17, 15) is 5.26 Å². The molecule has 0 N–H and O–H groups in total. The fraction of sp³-hybridized carbons (Fsp3) is 0.0196. The molecule has 8 aromatic carbocycles. The van der Waals surface area contributed by atoms with E-state index < -0.39 is 5.41 Å². The van der Waals surface area contributed by atoms with E-state index in [4.69, 9.17) is 19.7 Å². The van der Waals surface area contributed by atoms with Crippen LogP contribution in [0.15, 0.2) is 182 Å². The fourth-order valence-electron chi connectivity index (χ4n) is 8.79. The Hall–Kier alpha value is -7.68. The average Bonchev–Trinajstić information content (AvgIpc) is 3.57. The van der Waals surface area contributed by atoms with Gasteiger partial charge in [0.15, 0.2) is 17.5 Å². The summed E-state index contributed by atoms with van der Waals surface area (Å²) in [4.78, 5) is 15.5. The standard InChI is InChI=1S/C51H30N4O/c52-31-32-23-25-33(26-24-32)36-27-28-46-43(29-36)51(42-21-11-12-22-45(42)56-46)41-20-10-9-19-39(41)47-38-18-8-7-17-37(38)40(30-44(47)51)50-54-48(34-13-3-1-4-14-34)53-49(55-50)35-15-5-2-6-16-35/h1-30H. The first-order valence-corrected chi connectivity index (χ1v) is 18.7. The largest absolute Gasteiger partial charge is 0.457 e. The highest BCUT2D eigenvalue weighted by Gasteiger charge is 2.52. The fourth-order valence-corrected chi connectivity index (χ4v) is 8.79. The normalized spacial score (nSPS) is 14.6. The third-order valence-corrected chi connectivity index (χ3v) is 11.2. The maximum atomic E-state index is 9.52. The van der Waals surface area contributed by atoms with Crippen LogP contribution in [0.25, 0.3) is 67.2 Å². The van der Waals surface area contributed by atoms with Crippen LogP contribution >= 0.6 is 0 Å².